The Kier molecular flexibility index (Phi) is 11.8. The number of hydrogen-bond acceptors (Lipinski definition) is 13. The minimum absolute atomic E-state index is 0.0582. The molecule has 2 unspecified atom stereocenters. The first-order valence-corrected chi connectivity index (χ1v) is 19.6. The fraction of sp³-hybridized carbons (Fsp3) is 0.857. The molecule has 4 fully saturated rings. The summed E-state index contributed by atoms with van der Waals surface area (Å²) in [4.78, 5) is 23.5. The zero-order valence-electron chi connectivity index (χ0n) is 30.1. The number of fused-ring (bicyclic) bond motifs is 5. The van der Waals surface area contributed by atoms with E-state index in [2.05, 4.69) is 19.0 Å². The Morgan fingerprint density at radius 1 is 0.898 bits per heavy atom. The minimum atomic E-state index is -4.08. The van der Waals surface area contributed by atoms with Gasteiger partial charge in [-0.1, -0.05) is 19.0 Å². The van der Waals surface area contributed by atoms with Crippen LogP contribution in [0.25, 0.3) is 0 Å². The maximum atomic E-state index is 13.4. The molecule has 1 heterocycles. The summed E-state index contributed by atoms with van der Waals surface area (Å²) in [5.41, 5.74) is 0.826. The molecule has 0 bridgehead atoms. The monoisotopic (exact) mass is 713 g/mol. The molecule has 0 saturated heterocycles. The lowest BCUT2D eigenvalue weighted by molar-refractivity contribution is -0.143. The van der Waals surface area contributed by atoms with Crippen LogP contribution in [0.3, 0.4) is 0 Å². The molecule has 1 aromatic rings. The highest BCUT2D eigenvalue weighted by molar-refractivity contribution is 7.53. The van der Waals surface area contributed by atoms with E-state index in [1.165, 1.54) is 25.7 Å². The first-order valence-electron chi connectivity index (χ1n) is 17.8. The van der Waals surface area contributed by atoms with Gasteiger partial charge in [0, 0.05) is 12.0 Å². The van der Waals surface area contributed by atoms with Gasteiger partial charge < -0.3 is 33.3 Å². The van der Waals surface area contributed by atoms with E-state index in [0.717, 1.165) is 37.8 Å². The first kappa shape index (κ1) is 38.1. The third-order valence-corrected chi connectivity index (χ3v) is 13.4. The average molecular weight is 714 g/mol. The molecule has 0 spiro atoms. The summed E-state index contributed by atoms with van der Waals surface area (Å²) in [5, 5.41) is 15.3. The normalized spacial score (nSPS) is 34.2. The lowest BCUT2D eigenvalue weighted by atomic mass is 9.44. The highest BCUT2D eigenvalue weighted by atomic mass is 31.2. The van der Waals surface area contributed by atoms with Crippen LogP contribution in [0, 0.1) is 34.5 Å². The molecule has 0 amide bonds. The SMILES string of the molecule is CC(C)OC(=O)OCOP(=O)(COCc1cc([C@H]2CC[C@H]3[C@@H]4CCC5C[C@](C)(O)CC[C@]5(C)C4CC[C@]23C)no1)OCOC(=O)OC(C)C. The standard InChI is InChI=1S/C35H56NO12P/c1-22(2)46-31(37)42-19-44-49(40,45-20-43-32(38)47-23(3)4)21-41-18-25-16-30(36-48-25)29-11-10-27-26-9-8-24-17-33(5,39)14-15-34(24,6)28(26)12-13-35(27,29)7/h16,22-24,26-29,39H,8-15,17-21H2,1-7H3/t24?,26-,27-,28?,29+,33+,34-,35-/m0/s1. The molecule has 1 N–H and O–H groups in total. The van der Waals surface area contributed by atoms with E-state index in [4.69, 9.17) is 37.3 Å². The number of carbonyl (C=O) groups is 2. The topological polar surface area (TPSA) is 162 Å². The van der Waals surface area contributed by atoms with Gasteiger partial charge in [0.2, 0.25) is 13.6 Å². The summed E-state index contributed by atoms with van der Waals surface area (Å²) in [6.45, 7) is 12.0. The number of hydrogen-bond donors (Lipinski definition) is 1. The number of ether oxygens (including phenoxy) is 5. The van der Waals surface area contributed by atoms with Gasteiger partial charge in [-0.15, -0.1) is 0 Å². The van der Waals surface area contributed by atoms with Crippen LogP contribution < -0.4 is 0 Å². The second-order valence-corrected chi connectivity index (χ2v) is 18.0. The van der Waals surface area contributed by atoms with Gasteiger partial charge in [-0.05, 0) is 127 Å². The quantitative estimate of drug-likeness (QED) is 0.118. The van der Waals surface area contributed by atoms with Crippen molar-refractivity contribution in [1.82, 2.24) is 5.16 Å². The molecule has 4 aliphatic rings. The van der Waals surface area contributed by atoms with E-state index < -0.39 is 57.6 Å². The Balaban J connectivity index is 1.17. The van der Waals surface area contributed by atoms with E-state index in [9.17, 15) is 19.3 Å². The molecule has 278 valence electrons. The Bertz CT molecular complexity index is 1320. The van der Waals surface area contributed by atoms with Crippen LogP contribution in [0.1, 0.15) is 124 Å². The van der Waals surface area contributed by atoms with Crippen molar-refractivity contribution in [2.75, 3.05) is 19.9 Å². The zero-order valence-corrected chi connectivity index (χ0v) is 31.0. The Morgan fingerprint density at radius 3 is 2.16 bits per heavy atom. The number of carbonyl (C=O) groups excluding carboxylic acids is 2. The summed E-state index contributed by atoms with van der Waals surface area (Å²) in [6, 6.07) is 1.93. The number of aliphatic hydroxyl groups is 1. The fourth-order valence-corrected chi connectivity index (χ4v) is 10.6. The van der Waals surface area contributed by atoms with Crippen molar-refractivity contribution in [3.8, 4) is 0 Å². The van der Waals surface area contributed by atoms with Crippen molar-refractivity contribution in [3.63, 3.8) is 0 Å². The van der Waals surface area contributed by atoms with Crippen molar-refractivity contribution in [3.05, 3.63) is 17.5 Å². The number of aromatic nitrogens is 1. The first-order chi connectivity index (χ1) is 23.0. The molecule has 4 saturated carbocycles. The maximum Gasteiger partial charge on any atom is 0.510 e. The summed E-state index contributed by atoms with van der Waals surface area (Å²) in [7, 11) is -4.08. The molecule has 49 heavy (non-hydrogen) atoms. The van der Waals surface area contributed by atoms with Gasteiger partial charge in [-0.25, -0.2) is 9.59 Å². The van der Waals surface area contributed by atoms with Gasteiger partial charge >= 0.3 is 19.9 Å². The van der Waals surface area contributed by atoms with Gasteiger partial charge in [0.25, 0.3) is 0 Å². The van der Waals surface area contributed by atoms with Crippen molar-refractivity contribution >= 4 is 19.9 Å². The zero-order chi connectivity index (χ0) is 35.6. The van der Waals surface area contributed by atoms with Crippen LogP contribution >= 0.6 is 7.60 Å². The minimum Gasteiger partial charge on any atom is -0.432 e. The molecule has 0 radical (unpaired) electrons. The van der Waals surface area contributed by atoms with Crippen molar-refractivity contribution < 1.29 is 56.5 Å². The van der Waals surface area contributed by atoms with E-state index in [1.807, 2.05) is 13.0 Å². The molecule has 0 aromatic carbocycles. The predicted molar refractivity (Wildman–Crippen MR) is 176 cm³/mol. The van der Waals surface area contributed by atoms with E-state index in [0.29, 0.717) is 34.8 Å². The van der Waals surface area contributed by atoms with Crippen LogP contribution in [-0.2, 0) is 43.9 Å². The van der Waals surface area contributed by atoms with Crippen LogP contribution in [0.2, 0.25) is 0 Å². The lowest BCUT2D eigenvalue weighted by Gasteiger charge is -2.61. The molecule has 13 nitrogen and oxygen atoms in total. The molecular formula is C35H56NO12P. The van der Waals surface area contributed by atoms with E-state index in [1.54, 1.807) is 27.7 Å². The van der Waals surface area contributed by atoms with Gasteiger partial charge in [-0.3, -0.25) is 13.6 Å². The number of nitrogens with zero attached hydrogens (tertiary/aromatic N) is 1. The van der Waals surface area contributed by atoms with Crippen molar-refractivity contribution in [1.29, 1.82) is 0 Å². The highest BCUT2D eigenvalue weighted by Gasteiger charge is 2.61. The fourth-order valence-electron chi connectivity index (χ4n) is 9.61. The Hall–Kier alpha value is -2.18. The Labute approximate surface area is 289 Å². The molecular weight excluding hydrogens is 657 g/mol. The van der Waals surface area contributed by atoms with Gasteiger partial charge in [0.15, 0.2) is 5.76 Å². The predicted octanol–water partition coefficient (Wildman–Crippen LogP) is 8.29. The van der Waals surface area contributed by atoms with Crippen LogP contribution in [0.15, 0.2) is 10.6 Å². The lowest BCUT2D eigenvalue weighted by Crippen LogP contribution is -2.55. The summed E-state index contributed by atoms with van der Waals surface area (Å²) < 4.78 is 54.6. The molecule has 14 heteroatoms. The summed E-state index contributed by atoms with van der Waals surface area (Å²) in [6.07, 6.45) is 6.59. The summed E-state index contributed by atoms with van der Waals surface area (Å²) >= 11 is 0. The molecule has 0 aliphatic heterocycles. The third-order valence-electron chi connectivity index (χ3n) is 11.9. The van der Waals surface area contributed by atoms with Gasteiger partial charge in [0.1, 0.15) is 13.0 Å². The molecule has 4 aliphatic carbocycles. The van der Waals surface area contributed by atoms with E-state index >= 15 is 0 Å². The van der Waals surface area contributed by atoms with Crippen molar-refractivity contribution in [2.24, 2.45) is 34.5 Å². The second kappa shape index (κ2) is 15.2. The highest BCUT2D eigenvalue weighted by Crippen LogP contribution is 2.69. The van der Waals surface area contributed by atoms with Gasteiger partial charge in [-0.2, -0.15) is 0 Å². The van der Waals surface area contributed by atoms with Crippen molar-refractivity contribution in [2.45, 2.75) is 137 Å². The average Bonchev–Trinajstić information content (AvgIpc) is 3.60. The van der Waals surface area contributed by atoms with Gasteiger partial charge in [0.05, 0.1) is 23.5 Å². The van der Waals surface area contributed by atoms with Crippen LogP contribution in [0.5, 0.6) is 0 Å². The Morgan fingerprint density at radius 2 is 1.53 bits per heavy atom. The largest absolute Gasteiger partial charge is 0.510 e. The number of rotatable bonds is 13. The van der Waals surface area contributed by atoms with Crippen LogP contribution in [-0.4, -0.2) is 60.3 Å². The maximum absolute atomic E-state index is 13.4. The smallest absolute Gasteiger partial charge is 0.432 e. The van der Waals surface area contributed by atoms with Crippen LogP contribution in [0.4, 0.5) is 9.59 Å². The molecule has 5 rings (SSSR count). The van der Waals surface area contributed by atoms with E-state index in [-0.39, 0.29) is 17.9 Å². The molecule has 1 aromatic heterocycles. The molecule has 8 atom stereocenters. The summed E-state index contributed by atoms with van der Waals surface area (Å²) in [5.74, 6) is 3.39. The third kappa shape index (κ3) is 8.83. The second-order valence-electron chi connectivity index (χ2n) is 16.0.